The summed E-state index contributed by atoms with van der Waals surface area (Å²) in [6.07, 6.45) is -3.18. The number of aryl methyl sites for hydroxylation is 1. The lowest BCUT2D eigenvalue weighted by atomic mass is 10.2. The largest absolute Gasteiger partial charge is 0.434 e. The fourth-order valence-electron chi connectivity index (χ4n) is 2.31. The maximum atomic E-state index is 13.2. The van der Waals surface area contributed by atoms with Crippen LogP contribution >= 0.6 is 11.3 Å². The van der Waals surface area contributed by atoms with Gasteiger partial charge in [0.2, 0.25) is 11.9 Å². The first kappa shape index (κ1) is 18.8. The summed E-state index contributed by atoms with van der Waals surface area (Å²) in [4.78, 5) is 22.8. The van der Waals surface area contributed by atoms with Gasteiger partial charge in [-0.05, 0) is 37.3 Å². The monoisotopic (exact) mass is 393 g/mol. The second-order valence-corrected chi connectivity index (χ2v) is 6.76. The summed E-state index contributed by atoms with van der Waals surface area (Å²) < 4.78 is 39.5. The predicted octanol–water partition coefficient (Wildman–Crippen LogP) is 4.63. The molecular weight excluding hydrogens is 379 g/mol. The van der Waals surface area contributed by atoms with Crippen molar-refractivity contribution in [1.82, 2.24) is 15.0 Å². The first-order valence-corrected chi connectivity index (χ1v) is 8.57. The number of aromatic nitrogens is 3. The number of hydrogen-bond donors (Lipinski definition) is 2. The Morgan fingerprint density at radius 3 is 2.37 bits per heavy atom. The van der Waals surface area contributed by atoms with Gasteiger partial charge in [-0.1, -0.05) is 0 Å². The molecule has 2 aromatic heterocycles. The average Bonchev–Trinajstić information content (AvgIpc) is 2.99. The molecule has 0 fully saturated rings. The molecule has 0 unspecified atom stereocenters. The normalized spacial score (nSPS) is 11.3. The third-order valence-electron chi connectivity index (χ3n) is 3.35. The van der Waals surface area contributed by atoms with E-state index in [-0.39, 0.29) is 22.4 Å². The van der Waals surface area contributed by atoms with Crippen LogP contribution in [0.5, 0.6) is 0 Å². The Morgan fingerprint density at radius 2 is 1.74 bits per heavy atom. The summed E-state index contributed by atoms with van der Waals surface area (Å²) in [5.41, 5.74) is 0.435. The van der Waals surface area contributed by atoms with Crippen molar-refractivity contribution in [1.29, 1.82) is 0 Å². The first-order valence-electron chi connectivity index (χ1n) is 7.75. The number of alkyl halides is 3. The van der Waals surface area contributed by atoms with Crippen LogP contribution in [0.4, 0.5) is 30.5 Å². The van der Waals surface area contributed by atoms with Crippen molar-refractivity contribution in [2.24, 2.45) is 0 Å². The van der Waals surface area contributed by atoms with E-state index in [1.807, 2.05) is 0 Å². The number of nitrogens with one attached hydrogen (secondary N) is 2. The molecule has 2 heterocycles. The number of hydrogen-bond acceptors (Lipinski definition) is 6. The Hall–Kier alpha value is -3.01. The highest BCUT2D eigenvalue weighted by molar-refractivity contribution is 7.15. The molecule has 10 heteroatoms. The predicted molar refractivity (Wildman–Crippen MR) is 96.9 cm³/mol. The lowest BCUT2D eigenvalue weighted by molar-refractivity contribution is -0.140. The van der Waals surface area contributed by atoms with E-state index in [0.29, 0.717) is 16.4 Å². The van der Waals surface area contributed by atoms with Crippen LogP contribution in [0, 0.1) is 6.92 Å². The number of halogens is 3. The second kappa shape index (κ2) is 7.31. The molecule has 0 aliphatic heterocycles. The quantitative estimate of drug-likeness (QED) is 0.676. The van der Waals surface area contributed by atoms with Crippen LogP contribution in [-0.2, 0) is 11.0 Å². The molecule has 27 heavy (non-hydrogen) atoms. The van der Waals surface area contributed by atoms with Crippen LogP contribution in [0.15, 0.2) is 36.5 Å². The molecule has 140 valence electrons. The fourth-order valence-corrected chi connectivity index (χ4v) is 3.22. The van der Waals surface area contributed by atoms with E-state index in [2.05, 4.69) is 25.6 Å². The molecule has 0 atom stereocenters. The van der Waals surface area contributed by atoms with Crippen molar-refractivity contribution in [2.45, 2.75) is 20.0 Å². The van der Waals surface area contributed by atoms with Crippen molar-refractivity contribution in [3.63, 3.8) is 0 Å². The van der Waals surface area contributed by atoms with Crippen LogP contribution in [0.1, 0.15) is 17.6 Å². The van der Waals surface area contributed by atoms with E-state index in [1.165, 1.54) is 26.1 Å². The summed E-state index contributed by atoms with van der Waals surface area (Å²) >= 11 is 0.928. The molecule has 1 aromatic carbocycles. The van der Waals surface area contributed by atoms with Gasteiger partial charge >= 0.3 is 6.18 Å². The first-order chi connectivity index (χ1) is 12.7. The molecule has 3 aromatic rings. The van der Waals surface area contributed by atoms with E-state index in [1.54, 1.807) is 24.3 Å². The molecule has 0 spiro atoms. The zero-order chi connectivity index (χ0) is 19.6. The van der Waals surface area contributed by atoms with E-state index < -0.39 is 11.9 Å². The van der Waals surface area contributed by atoms with Gasteiger partial charge in [0.25, 0.3) is 0 Å². The minimum Gasteiger partial charge on any atom is -0.326 e. The van der Waals surface area contributed by atoms with Gasteiger partial charge in [0.15, 0.2) is 5.69 Å². The number of benzene rings is 1. The number of carbonyl (C=O) groups is 1. The molecule has 0 bridgehead atoms. The van der Waals surface area contributed by atoms with Crippen molar-refractivity contribution < 1.29 is 18.0 Å². The SMILES string of the molecule is CC(=O)Nc1ccc(Nc2nccc(-c3sc(C)nc3C(F)(F)F)n2)cc1. The summed E-state index contributed by atoms with van der Waals surface area (Å²) in [7, 11) is 0. The summed E-state index contributed by atoms with van der Waals surface area (Å²) in [6.45, 7) is 2.92. The standard InChI is InChI=1S/C17H14F3N5OS/c1-9(26)22-11-3-5-12(6-4-11)24-16-21-8-7-13(25-16)14-15(17(18,19)20)23-10(2)27-14/h3-8H,1-2H3,(H,22,26)(H,21,24,25). The van der Waals surface area contributed by atoms with Crippen molar-refractivity contribution in [3.05, 3.63) is 47.2 Å². The molecule has 0 saturated heterocycles. The number of nitrogens with zero attached hydrogens (tertiary/aromatic N) is 3. The van der Waals surface area contributed by atoms with E-state index in [9.17, 15) is 18.0 Å². The molecule has 3 rings (SSSR count). The number of anilines is 3. The molecule has 0 saturated carbocycles. The van der Waals surface area contributed by atoms with Crippen LogP contribution in [0.2, 0.25) is 0 Å². The number of thiazole rings is 1. The van der Waals surface area contributed by atoms with Gasteiger partial charge < -0.3 is 10.6 Å². The van der Waals surface area contributed by atoms with Gasteiger partial charge in [-0.3, -0.25) is 4.79 Å². The Bertz CT molecular complexity index is 969. The lowest BCUT2D eigenvalue weighted by Gasteiger charge is -2.09. The molecule has 0 radical (unpaired) electrons. The van der Waals surface area contributed by atoms with E-state index in [4.69, 9.17) is 0 Å². The highest BCUT2D eigenvalue weighted by atomic mass is 32.1. The maximum absolute atomic E-state index is 13.2. The Balaban J connectivity index is 1.86. The molecule has 1 amide bonds. The third-order valence-corrected chi connectivity index (χ3v) is 4.35. The van der Waals surface area contributed by atoms with Gasteiger partial charge in [0.1, 0.15) is 0 Å². The van der Waals surface area contributed by atoms with E-state index >= 15 is 0 Å². The number of amides is 1. The van der Waals surface area contributed by atoms with Gasteiger partial charge in [-0.25, -0.2) is 15.0 Å². The maximum Gasteiger partial charge on any atom is 0.434 e. The van der Waals surface area contributed by atoms with Crippen molar-refractivity contribution in [3.8, 4) is 10.6 Å². The van der Waals surface area contributed by atoms with Gasteiger partial charge in [0, 0.05) is 24.5 Å². The molecule has 0 aliphatic carbocycles. The second-order valence-electron chi connectivity index (χ2n) is 5.56. The minimum absolute atomic E-state index is 0.0496. The Kier molecular flexibility index (Phi) is 5.08. The molecule has 2 N–H and O–H groups in total. The molecule has 0 aliphatic rings. The molecular formula is C17H14F3N5OS. The van der Waals surface area contributed by atoms with Crippen LogP contribution in [-0.4, -0.2) is 20.9 Å². The Labute approximate surface area is 156 Å². The van der Waals surface area contributed by atoms with Crippen molar-refractivity contribution >= 4 is 34.6 Å². The third kappa shape index (κ3) is 4.59. The highest BCUT2D eigenvalue weighted by Gasteiger charge is 2.37. The van der Waals surface area contributed by atoms with Gasteiger partial charge in [-0.15, -0.1) is 11.3 Å². The highest BCUT2D eigenvalue weighted by Crippen LogP contribution is 2.39. The minimum atomic E-state index is -4.56. The summed E-state index contributed by atoms with van der Waals surface area (Å²) in [5.74, 6) is -0.0361. The van der Waals surface area contributed by atoms with Crippen LogP contribution in [0.3, 0.4) is 0 Å². The van der Waals surface area contributed by atoms with Gasteiger partial charge in [-0.2, -0.15) is 13.2 Å². The zero-order valence-corrected chi connectivity index (χ0v) is 15.1. The zero-order valence-electron chi connectivity index (χ0n) is 14.3. The molecule has 6 nitrogen and oxygen atoms in total. The van der Waals surface area contributed by atoms with Crippen LogP contribution in [0.25, 0.3) is 10.6 Å². The lowest BCUT2D eigenvalue weighted by Crippen LogP contribution is -2.08. The fraction of sp³-hybridized carbons (Fsp3) is 0.176. The smallest absolute Gasteiger partial charge is 0.326 e. The topological polar surface area (TPSA) is 79.8 Å². The number of carbonyl (C=O) groups excluding carboxylic acids is 1. The average molecular weight is 393 g/mol. The summed E-state index contributed by atoms with van der Waals surface area (Å²) in [6, 6.07) is 8.16. The number of rotatable bonds is 4. The van der Waals surface area contributed by atoms with Crippen LogP contribution < -0.4 is 10.6 Å². The van der Waals surface area contributed by atoms with Gasteiger partial charge in [0.05, 0.1) is 15.6 Å². The summed E-state index contributed by atoms with van der Waals surface area (Å²) in [5, 5.41) is 5.87. The van der Waals surface area contributed by atoms with E-state index in [0.717, 1.165) is 11.3 Å². The van der Waals surface area contributed by atoms with Crippen molar-refractivity contribution in [2.75, 3.05) is 10.6 Å². The Morgan fingerprint density at radius 1 is 1.07 bits per heavy atom.